The summed E-state index contributed by atoms with van der Waals surface area (Å²) in [5.74, 6) is 0. The van der Waals surface area contributed by atoms with Crippen LogP contribution in [0.2, 0.25) is 0 Å². The molecule has 0 spiro atoms. The Kier molecular flexibility index (Phi) is 3.45. The van der Waals surface area contributed by atoms with E-state index >= 15 is 0 Å². The molecular weight excluding hydrogens is 310 g/mol. The lowest BCUT2D eigenvalue weighted by Crippen LogP contribution is -2.13. The van der Waals surface area contributed by atoms with Gasteiger partial charge in [0.1, 0.15) is 5.65 Å². The minimum absolute atomic E-state index is 0.820. The third-order valence-corrected chi connectivity index (χ3v) is 4.35. The molecule has 92 valence electrons. The van der Waals surface area contributed by atoms with Crippen LogP contribution in [0.3, 0.4) is 0 Å². The van der Waals surface area contributed by atoms with Crippen LogP contribution in [0.15, 0.2) is 46.5 Å². The first-order valence-electron chi connectivity index (χ1n) is 5.69. The number of halogens is 1. The van der Waals surface area contributed by atoms with Crippen molar-refractivity contribution in [2.75, 3.05) is 0 Å². The van der Waals surface area contributed by atoms with Gasteiger partial charge < -0.3 is 9.72 Å². The fourth-order valence-corrected chi connectivity index (χ4v) is 3.33. The molecular formula is C13H12BrN3S. The predicted molar refractivity (Wildman–Crippen MR) is 77.8 cm³/mol. The molecule has 0 aliphatic heterocycles. The average Bonchev–Trinajstić information content (AvgIpc) is 2.97. The molecule has 0 bridgehead atoms. The molecule has 0 aromatic carbocycles. The summed E-state index contributed by atoms with van der Waals surface area (Å²) in [5, 5.41) is 3.44. The minimum atomic E-state index is 0.820. The Morgan fingerprint density at radius 1 is 1.22 bits per heavy atom. The van der Waals surface area contributed by atoms with E-state index in [0.29, 0.717) is 0 Å². The lowest BCUT2D eigenvalue weighted by Gasteiger charge is -2.03. The first-order chi connectivity index (χ1) is 8.83. The molecule has 1 N–H and O–H groups in total. The molecule has 3 nitrogen and oxygen atoms in total. The highest BCUT2D eigenvalue weighted by Gasteiger charge is 2.02. The van der Waals surface area contributed by atoms with Gasteiger partial charge in [-0.15, -0.1) is 11.3 Å². The Bertz CT molecular complexity index is 659. The van der Waals surface area contributed by atoms with Gasteiger partial charge in [0.05, 0.1) is 15.7 Å². The van der Waals surface area contributed by atoms with Crippen LogP contribution in [-0.2, 0) is 13.1 Å². The molecule has 0 atom stereocenters. The Hall–Kier alpha value is -1.17. The summed E-state index contributed by atoms with van der Waals surface area (Å²) in [6.45, 7) is 1.71. The molecule has 0 radical (unpaired) electrons. The van der Waals surface area contributed by atoms with Crippen LogP contribution in [-0.4, -0.2) is 9.38 Å². The zero-order valence-electron chi connectivity index (χ0n) is 9.64. The normalized spacial score (nSPS) is 11.2. The fraction of sp³-hybridized carbons (Fsp3) is 0.154. The van der Waals surface area contributed by atoms with Gasteiger partial charge in [-0.05, 0) is 40.2 Å². The third kappa shape index (κ3) is 2.48. The van der Waals surface area contributed by atoms with Gasteiger partial charge in [0, 0.05) is 24.2 Å². The summed E-state index contributed by atoms with van der Waals surface area (Å²) in [7, 11) is 0. The van der Waals surface area contributed by atoms with Gasteiger partial charge >= 0.3 is 0 Å². The first-order valence-corrected chi connectivity index (χ1v) is 7.30. The Balaban J connectivity index is 1.66. The van der Waals surface area contributed by atoms with E-state index < -0.39 is 0 Å². The molecule has 0 fully saturated rings. The van der Waals surface area contributed by atoms with Gasteiger partial charge in [-0.2, -0.15) is 0 Å². The highest BCUT2D eigenvalue weighted by molar-refractivity contribution is 9.11. The number of aromatic nitrogens is 2. The van der Waals surface area contributed by atoms with Crippen LogP contribution in [0.5, 0.6) is 0 Å². The standard InChI is InChI=1S/C13H12BrN3S/c14-12-5-4-11(18-12)9-15-7-10-8-16-13-3-1-2-6-17(10)13/h1-6,8,15H,7,9H2. The fourth-order valence-electron chi connectivity index (χ4n) is 1.88. The number of imidazole rings is 1. The van der Waals surface area contributed by atoms with Crippen LogP contribution in [0.25, 0.3) is 5.65 Å². The number of nitrogens with zero attached hydrogens (tertiary/aromatic N) is 2. The summed E-state index contributed by atoms with van der Waals surface area (Å²) >= 11 is 5.23. The van der Waals surface area contributed by atoms with Crippen molar-refractivity contribution in [1.82, 2.24) is 14.7 Å². The van der Waals surface area contributed by atoms with Crippen molar-refractivity contribution < 1.29 is 0 Å². The van der Waals surface area contributed by atoms with Crippen molar-refractivity contribution in [1.29, 1.82) is 0 Å². The van der Waals surface area contributed by atoms with Gasteiger partial charge in [0.25, 0.3) is 0 Å². The van der Waals surface area contributed by atoms with Gasteiger partial charge in [-0.25, -0.2) is 4.98 Å². The molecule has 18 heavy (non-hydrogen) atoms. The smallest absolute Gasteiger partial charge is 0.136 e. The SMILES string of the molecule is Brc1ccc(CNCc2cnc3ccccn23)s1. The number of hydrogen-bond acceptors (Lipinski definition) is 3. The van der Waals surface area contributed by atoms with Crippen molar-refractivity contribution in [3.05, 3.63) is 57.1 Å². The summed E-state index contributed by atoms with van der Waals surface area (Å²) in [4.78, 5) is 5.70. The largest absolute Gasteiger partial charge is 0.306 e. The maximum atomic E-state index is 4.37. The maximum absolute atomic E-state index is 4.37. The van der Waals surface area contributed by atoms with E-state index in [1.54, 1.807) is 11.3 Å². The van der Waals surface area contributed by atoms with Crippen molar-refractivity contribution in [3.63, 3.8) is 0 Å². The molecule has 0 saturated carbocycles. The summed E-state index contributed by atoms with van der Waals surface area (Å²) in [5.41, 5.74) is 2.18. The lowest BCUT2D eigenvalue weighted by molar-refractivity contribution is 0.682. The Morgan fingerprint density at radius 2 is 2.17 bits per heavy atom. The highest BCUT2D eigenvalue weighted by atomic mass is 79.9. The quantitative estimate of drug-likeness (QED) is 0.797. The van der Waals surface area contributed by atoms with Gasteiger partial charge in [-0.3, -0.25) is 0 Å². The molecule has 0 aliphatic carbocycles. The van der Waals surface area contributed by atoms with E-state index in [2.05, 4.69) is 42.8 Å². The minimum Gasteiger partial charge on any atom is -0.306 e. The Labute approximate surface area is 118 Å². The summed E-state index contributed by atoms with van der Waals surface area (Å²) < 4.78 is 3.28. The highest BCUT2D eigenvalue weighted by Crippen LogP contribution is 2.21. The van der Waals surface area contributed by atoms with Crippen molar-refractivity contribution >= 4 is 32.9 Å². The van der Waals surface area contributed by atoms with E-state index in [1.807, 2.05) is 30.6 Å². The van der Waals surface area contributed by atoms with E-state index in [0.717, 1.165) is 18.7 Å². The van der Waals surface area contributed by atoms with Crippen LogP contribution in [0.1, 0.15) is 10.6 Å². The molecule has 3 heterocycles. The lowest BCUT2D eigenvalue weighted by atomic mass is 10.4. The van der Waals surface area contributed by atoms with Gasteiger partial charge in [0.15, 0.2) is 0 Å². The van der Waals surface area contributed by atoms with Crippen LogP contribution < -0.4 is 5.32 Å². The summed E-state index contributed by atoms with van der Waals surface area (Å²) in [6, 6.07) is 10.3. The Morgan fingerprint density at radius 3 is 3.00 bits per heavy atom. The van der Waals surface area contributed by atoms with Crippen LogP contribution >= 0.6 is 27.3 Å². The predicted octanol–water partition coefficient (Wildman–Crippen LogP) is 3.45. The average molecular weight is 322 g/mol. The van der Waals surface area contributed by atoms with E-state index in [1.165, 1.54) is 14.4 Å². The number of rotatable bonds is 4. The molecule has 0 amide bonds. The third-order valence-electron chi connectivity index (χ3n) is 2.73. The molecule has 3 rings (SSSR count). The van der Waals surface area contributed by atoms with Crippen LogP contribution in [0.4, 0.5) is 0 Å². The van der Waals surface area contributed by atoms with Crippen molar-refractivity contribution in [2.45, 2.75) is 13.1 Å². The first kappa shape index (κ1) is 11.9. The molecule has 0 saturated heterocycles. The zero-order valence-corrected chi connectivity index (χ0v) is 12.0. The number of thiophene rings is 1. The monoisotopic (exact) mass is 321 g/mol. The van der Waals surface area contributed by atoms with E-state index in [-0.39, 0.29) is 0 Å². The molecule has 3 aromatic rings. The van der Waals surface area contributed by atoms with Gasteiger partial charge in [-0.1, -0.05) is 6.07 Å². The zero-order chi connectivity index (χ0) is 12.4. The van der Waals surface area contributed by atoms with E-state index in [4.69, 9.17) is 0 Å². The number of nitrogens with one attached hydrogen (secondary N) is 1. The van der Waals surface area contributed by atoms with E-state index in [9.17, 15) is 0 Å². The number of pyridine rings is 1. The topological polar surface area (TPSA) is 29.3 Å². The second-order valence-corrected chi connectivity index (χ2v) is 6.54. The molecule has 0 unspecified atom stereocenters. The van der Waals surface area contributed by atoms with Crippen LogP contribution in [0, 0.1) is 0 Å². The number of hydrogen-bond donors (Lipinski definition) is 1. The van der Waals surface area contributed by atoms with Gasteiger partial charge in [0.2, 0.25) is 0 Å². The second-order valence-electron chi connectivity index (χ2n) is 3.99. The number of fused-ring (bicyclic) bond motifs is 1. The molecule has 3 aromatic heterocycles. The van der Waals surface area contributed by atoms with Crippen molar-refractivity contribution in [3.8, 4) is 0 Å². The second kappa shape index (κ2) is 5.22. The summed E-state index contributed by atoms with van der Waals surface area (Å²) in [6.07, 6.45) is 3.97. The van der Waals surface area contributed by atoms with Crippen molar-refractivity contribution in [2.24, 2.45) is 0 Å². The molecule has 5 heteroatoms. The molecule has 0 aliphatic rings. The maximum Gasteiger partial charge on any atom is 0.136 e.